The highest BCUT2D eigenvalue weighted by molar-refractivity contribution is 5.87. The zero-order valence-corrected chi connectivity index (χ0v) is 13.0. The van der Waals surface area contributed by atoms with Gasteiger partial charge in [-0.05, 0) is 36.2 Å². The first-order valence-corrected chi connectivity index (χ1v) is 7.54. The quantitative estimate of drug-likeness (QED) is 0.783. The second-order valence-electron chi connectivity index (χ2n) is 5.21. The van der Waals surface area contributed by atoms with Gasteiger partial charge < -0.3 is 15.2 Å². The molecule has 0 spiro atoms. The fourth-order valence-electron chi connectivity index (χ4n) is 2.13. The summed E-state index contributed by atoms with van der Waals surface area (Å²) >= 11 is 0. The van der Waals surface area contributed by atoms with Crippen LogP contribution in [0.15, 0.2) is 48.5 Å². The van der Waals surface area contributed by atoms with Crippen molar-refractivity contribution < 1.29 is 19.0 Å². The third-order valence-electron chi connectivity index (χ3n) is 3.49. The molecule has 0 saturated heterocycles. The molecule has 2 aromatic carbocycles. The number of para-hydroxylation sites is 1. The van der Waals surface area contributed by atoms with Gasteiger partial charge in [-0.25, -0.2) is 9.18 Å². The molecule has 0 radical (unpaired) electrons. The van der Waals surface area contributed by atoms with Crippen molar-refractivity contribution in [1.82, 2.24) is 5.32 Å². The van der Waals surface area contributed by atoms with Crippen LogP contribution in [0.2, 0.25) is 0 Å². The van der Waals surface area contributed by atoms with E-state index in [0.29, 0.717) is 13.1 Å². The van der Waals surface area contributed by atoms with Gasteiger partial charge in [-0.2, -0.15) is 0 Å². The first-order valence-electron chi connectivity index (χ1n) is 7.54. The van der Waals surface area contributed by atoms with Gasteiger partial charge in [0.1, 0.15) is 6.10 Å². The highest BCUT2D eigenvalue weighted by atomic mass is 19.1. The molecule has 0 aliphatic carbocycles. The molecule has 4 nitrogen and oxygen atoms in total. The van der Waals surface area contributed by atoms with E-state index in [9.17, 15) is 9.18 Å². The lowest BCUT2D eigenvalue weighted by atomic mass is 10.1. The molecule has 5 heteroatoms. The van der Waals surface area contributed by atoms with Crippen molar-refractivity contribution in [3.63, 3.8) is 0 Å². The van der Waals surface area contributed by atoms with Gasteiger partial charge in [0.15, 0.2) is 11.6 Å². The summed E-state index contributed by atoms with van der Waals surface area (Å²) < 4.78 is 19.3. The molecule has 0 bridgehead atoms. The molecule has 0 heterocycles. The van der Waals surface area contributed by atoms with E-state index >= 15 is 0 Å². The molecule has 122 valence electrons. The molecular weight excluding hydrogens is 297 g/mol. The highest BCUT2D eigenvalue weighted by Gasteiger charge is 2.10. The zero-order valence-electron chi connectivity index (χ0n) is 13.0. The molecule has 0 amide bonds. The van der Waals surface area contributed by atoms with Crippen molar-refractivity contribution in [2.75, 3.05) is 6.54 Å². The summed E-state index contributed by atoms with van der Waals surface area (Å²) in [6, 6.07) is 13.1. The molecule has 0 aliphatic heterocycles. The highest BCUT2D eigenvalue weighted by Crippen LogP contribution is 2.17. The summed E-state index contributed by atoms with van der Waals surface area (Å²) in [6.45, 7) is 3.15. The molecule has 1 unspecified atom stereocenters. The minimum absolute atomic E-state index is 0.134. The number of halogens is 1. The monoisotopic (exact) mass is 317 g/mol. The largest absolute Gasteiger partial charge is 0.486 e. The lowest BCUT2D eigenvalue weighted by Gasteiger charge is -2.18. The Kier molecular flexibility index (Phi) is 6.11. The van der Waals surface area contributed by atoms with Crippen LogP contribution < -0.4 is 10.1 Å². The molecule has 0 aliphatic rings. The minimum atomic E-state index is -0.936. The Labute approximate surface area is 134 Å². The van der Waals surface area contributed by atoms with Gasteiger partial charge in [0, 0.05) is 13.1 Å². The Morgan fingerprint density at radius 2 is 1.91 bits per heavy atom. The number of rotatable bonds is 8. The van der Waals surface area contributed by atoms with Crippen LogP contribution in [0.3, 0.4) is 0 Å². The average molecular weight is 317 g/mol. The number of ether oxygens (including phenoxy) is 1. The predicted octanol–water partition coefficient (Wildman–Crippen LogP) is 3.47. The number of benzene rings is 2. The number of carboxylic acids is 1. The van der Waals surface area contributed by atoms with Gasteiger partial charge in [-0.15, -0.1) is 0 Å². The van der Waals surface area contributed by atoms with Crippen LogP contribution in [0.1, 0.15) is 29.3 Å². The molecule has 2 aromatic rings. The Bertz CT molecular complexity index is 643. The van der Waals surface area contributed by atoms with Crippen molar-refractivity contribution in [3.8, 4) is 5.75 Å². The second-order valence-corrected chi connectivity index (χ2v) is 5.21. The third-order valence-corrected chi connectivity index (χ3v) is 3.49. The fraction of sp³-hybridized carbons (Fsp3) is 0.278. The lowest BCUT2D eigenvalue weighted by Crippen LogP contribution is -2.30. The Balaban J connectivity index is 1.83. The standard InChI is InChI=1S/C18H20FNO3/c1-2-15(23-17-6-4-3-5-16(17)19)12-20-11-13-7-9-14(10-8-13)18(21)22/h3-10,15,20H,2,11-12H2,1H3,(H,21,22). The van der Waals surface area contributed by atoms with Crippen LogP contribution in [0.4, 0.5) is 4.39 Å². The second kappa shape index (κ2) is 8.29. The maximum atomic E-state index is 13.6. The van der Waals surface area contributed by atoms with Crippen LogP contribution in [0.25, 0.3) is 0 Å². The SMILES string of the molecule is CCC(CNCc1ccc(C(=O)O)cc1)Oc1ccccc1F. The zero-order chi connectivity index (χ0) is 16.7. The molecular formula is C18H20FNO3. The molecule has 23 heavy (non-hydrogen) atoms. The number of aromatic carboxylic acids is 1. The van der Waals surface area contributed by atoms with E-state index in [-0.39, 0.29) is 23.2 Å². The van der Waals surface area contributed by atoms with Gasteiger partial charge >= 0.3 is 5.97 Å². The topological polar surface area (TPSA) is 58.6 Å². The number of hydrogen-bond acceptors (Lipinski definition) is 3. The Hall–Kier alpha value is -2.40. The Morgan fingerprint density at radius 1 is 1.22 bits per heavy atom. The van der Waals surface area contributed by atoms with E-state index < -0.39 is 5.97 Å². The van der Waals surface area contributed by atoms with Gasteiger partial charge in [0.25, 0.3) is 0 Å². The van der Waals surface area contributed by atoms with Gasteiger partial charge in [-0.3, -0.25) is 0 Å². The molecule has 0 saturated carbocycles. The molecule has 0 aromatic heterocycles. The summed E-state index contributed by atoms with van der Waals surface area (Å²) in [5, 5.41) is 12.1. The Morgan fingerprint density at radius 3 is 2.52 bits per heavy atom. The average Bonchev–Trinajstić information content (AvgIpc) is 2.56. The fourth-order valence-corrected chi connectivity index (χ4v) is 2.13. The maximum absolute atomic E-state index is 13.6. The minimum Gasteiger partial charge on any atom is -0.486 e. The van der Waals surface area contributed by atoms with Crippen molar-refractivity contribution in [3.05, 3.63) is 65.5 Å². The van der Waals surface area contributed by atoms with Crippen molar-refractivity contribution in [2.24, 2.45) is 0 Å². The van der Waals surface area contributed by atoms with Crippen LogP contribution >= 0.6 is 0 Å². The van der Waals surface area contributed by atoms with E-state index in [1.54, 1.807) is 42.5 Å². The molecule has 1 atom stereocenters. The van der Waals surface area contributed by atoms with E-state index in [1.807, 2.05) is 6.92 Å². The van der Waals surface area contributed by atoms with E-state index in [2.05, 4.69) is 5.32 Å². The normalized spacial score (nSPS) is 11.9. The molecule has 2 N–H and O–H groups in total. The predicted molar refractivity (Wildman–Crippen MR) is 86.2 cm³/mol. The van der Waals surface area contributed by atoms with Crippen LogP contribution in [-0.4, -0.2) is 23.7 Å². The van der Waals surface area contributed by atoms with E-state index in [4.69, 9.17) is 9.84 Å². The van der Waals surface area contributed by atoms with E-state index in [1.165, 1.54) is 6.07 Å². The maximum Gasteiger partial charge on any atom is 0.335 e. The van der Waals surface area contributed by atoms with Crippen molar-refractivity contribution >= 4 is 5.97 Å². The number of carbonyl (C=O) groups is 1. The van der Waals surface area contributed by atoms with Crippen molar-refractivity contribution in [2.45, 2.75) is 26.0 Å². The van der Waals surface area contributed by atoms with Gasteiger partial charge in [-0.1, -0.05) is 31.2 Å². The number of carboxylic acid groups (broad SMARTS) is 1. The number of hydrogen-bond donors (Lipinski definition) is 2. The summed E-state index contributed by atoms with van der Waals surface area (Å²) in [5.41, 5.74) is 1.25. The first-order chi connectivity index (χ1) is 11.1. The third kappa shape index (κ3) is 5.07. The first kappa shape index (κ1) is 17.0. The number of nitrogens with one attached hydrogen (secondary N) is 1. The summed E-state index contributed by atoms with van der Waals surface area (Å²) in [4.78, 5) is 10.8. The van der Waals surface area contributed by atoms with Crippen LogP contribution in [0, 0.1) is 5.82 Å². The molecule has 0 fully saturated rings. The van der Waals surface area contributed by atoms with Crippen LogP contribution in [0.5, 0.6) is 5.75 Å². The summed E-state index contributed by atoms with van der Waals surface area (Å²) in [5.74, 6) is -1.05. The van der Waals surface area contributed by atoms with Gasteiger partial charge in [0.05, 0.1) is 5.56 Å². The van der Waals surface area contributed by atoms with Gasteiger partial charge in [0.2, 0.25) is 0 Å². The summed E-state index contributed by atoms with van der Waals surface area (Å²) in [7, 11) is 0. The van der Waals surface area contributed by atoms with Crippen molar-refractivity contribution in [1.29, 1.82) is 0 Å². The smallest absolute Gasteiger partial charge is 0.335 e. The van der Waals surface area contributed by atoms with Crippen LogP contribution in [-0.2, 0) is 6.54 Å². The summed E-state index contributed by atoms with van der Waals surface area (Å²) in [6.07, 6.45) is 0.615. The molecule has 2 rings (SSSR count). The van der Waals surface area contributed by atoms with E-state index in [0.717, 1.165) is 12.0 Å². The lowest BCUT2D eigenvalue weighted by molar-refractivity contribution is 0.0697.